The predicted octanol–water partition coefficient (Wildman–Crippen LogP) is 4.35. The van der Waals surface area contributed by atoms with E-state index in [0.29, 0.717) is 13.1 Å². The number of ketones is 1. The third kappa shape index (κ3) is 3.72. The molecule has 3 aromatic rings. The average Bonchev–Trinajstić information content (AvgIpc) is 3.37. The van der Waals surface area contributed by atoms with Gasteiger partial charge in [-0.3, -0.25) is 9.59 Å². The summed E-state index contributed by atoms with van der Waals surface area (Å²) in [5.74, 6) is 0.146. The zero-order valence-electron chi connectivity index (χ0n) is 15.8. The molecule has 0 N–H and O–H groups in total. The normalized spacial score (nSPS) is 14.4. The summed E-state index contributed by atoms with van der Waals surface area (Å²) in [4.78, 5) is 35.0. The number of piperazine rings is 1. The number of benzene rings is 1. The summed E-state index contributed by atoms with van der Waals surface area (Å²) in [6.45, 7) is 6.40. The number of hydrogen-bond donors (Lipinski definition) is 0. The first-order valence-corrected chi connectivity index (χ1v) is 10.9. The molecule has 1 amide bonds. The van der Waals surface area contributed by atoms with Gasteiger partial charge in [-0.05, 0) is 49.6 Å². The van der Waals surface area contributed by atoms with Crippen LogP contribution < -0.4 is 4.90 Å². The van der Waals surface area contributed by atoms with E-state index in [4.69, 9.17) is 0 Å². The molecular formula is C21H21N3O2S2. The summed E-state index contributed by atoms with van der Waals surface area (Å²) >= 11 is 3.12. The first-order chi connectivity index (χ1) is 13.5. The number of Topliss-reactive ketones (excluding diaryl/α,β-unsaturated/α-hetero) is 1. The molecule has 1 fully saturated rings. The number of amides is 1. The number of anilines is 1. The van der Waals surface area contributed by atoms with Crippen molar-refractivity contribution in [1.29, 1.82) is 0 Å². The first-order valence-electron chi connectivity index (χ1n) is 9.19. The average molecular weight is 412 g/mol. The Hall–Kier alpha value is -2.51. The fourth-order valence-electron chi connectivity index (χ4n) is 3.32. The molecule has 5 nitrogen and oxygen atoms in total. The van der Waals surface area contributed by atoms with Crippen LogP contribution >= 0.6 is 22.7 Å². The van der Waals surface area contributed by atoms with Crippen molar-refractivity contribution in [3.05, 3.63) is 57.9 Å². The Morgan fingerprint density at radius 3 is 2.36 bits per heavy atom. The largest absolute Gasteiger partial charge is 0.368 e. The van der Waals surface area contributed by atoms with E-state index in [9.17, 15) is 9.59 Å². The minimum atomic E-state index is 0.0730. The summed E-state index contributed by atoms with van der Waals surface area (Å²) in [6.07, 6.45) is 0. The number of hydrogen-bond acceptors (Lipinski definition) is 6. The molecule has 0 saturated carbocycles. The van der Waals surface area contributed by atoms with Crippen LogP contribution in [0.5, 0.6) is 0 Å². The van der Waals surface area contributed by atoms with E-state index in [1.54, 1.807) is 18.3 Å². The highest BCUT2D eigenvalue weighted by molar-refractivity contribution is 7.22. The summed E-state index contributed by atoms with van der Waals surface area (Å²) in [7, 11) is 0. The SMILES string of the molecule is CC(=O)c1ccc(N2CCN(C(=O)c3sc(-c4cccs4)nc3C)CC2)cc1. The van der Waals surface area contributed by atoms with Crippen LogP contribution in [-0.4, -0.2) is 47.8 Å². The number of thiazole rings is 1. The molecule has 0 spiro atoms. The van der Waals surface area contributed by atoms with E-state index in [2.05, 4.69) is 9.88 Å². The van der Waals surface area contributed by atoms with Gasteiger partial charge in [-0.25, -0.2) is 4.98 Å². The third-order valence-corrected chi connectivity index (χ3v) is 7.11. The van der Waals surface area contributed by atoms with Crippen molar-refractivity contribution in [1.82, 2.24) is 9.88 Å². The molecule has 0 radical (unpaired) electrons. The monoisotopic (exact) mass is 411 g/mol. The van der Waals surface area contributed by atoms with Crippen molar-refractivity contribution in [3.63, 3.8) is 0 Å². The number of carbonyl (C=O) groups is 2. The fourth-order valence-corrected chi connectivity index (χ4v) is 5.15. The maximum Gasteiger partial charge on any atom is 0.265 e. The molecule has 7 heteroatoms. The minimum Gasteiger partial charge on any atom is -0.368 e. The smallest absolute Gasteiger partial charge is 0.265 e. The number of carbonyl (C=O) groups excluding carboxylic acids is 2. The molecule has 0 aliphatic carbocycles. The first kappa shape index (κ1) is 18.8. The standard InChI is InChI=1S/C21H21N3O2S2/c1-14-19(28-20(22-14)18-4-3-13-27-18)21(26)24-11-9-23(10-12-24)17-7-5-16(6-8-17)15(2)25/h3-8,13H,9-12H2,1-2H3. The van der Waals surface area contributed by atoms with E-state index < -0.39 is 0 Å². The van der Waals surface area contributed by atoms with Crippen LogP contribution in [0.25, 0.3) is 9.88 Å². The molecule has 1 aromatic carbocycles. The molecule has 1 aliphatic heterocycles. The molecule has 0 atom stereocenters. The zero-order valence-corrected chi connectivity index (χ0v) is 17.5. The van der Waals surface area contributed by atoms with Gasteiger partial charge >= 0.3 is 0 Å². The van der Waals surface area contributed by atoms with Crippen LogP contribution in [-0.2, 0) is 0 Å². The summed E-state index contributed by atoms with van der Waals surface area (Å²) in [6, 6.07) is 11.7. The Kier molecular flexibility index (Phi) is 5.28. The number of rotatable bonds is 4. The number of thiophene rings is 1. The van der Waals surface area contributed by atoms with Crippen molar-refractivity contribution in [2.24, 2.45) is 0 Å². The van der Waals surface area contributed by atoms with Gasteiger partial charge in [0, 0.05) is 37.4 Å². The summed E-state index contributed by atoms with van der Waals surface area (Å²) < 4.78 is 0. The Morgan fingerprint density at radius 2 is 1.75 bits per heavy atom. The Morgan fingerprint density at radius 1 is 1.04 bits per heavy atom. The predicted molar refractivity (Wildman–Crippen MR) is 115 cm³/mol. The van der Waals surface area contributed by atoms with Crippen LogP contribution in [0.4, 0.5) is 5.69 Å². The second-order valence-corrected chi connectivity index (χ2v) is 8.74. The van der Waals surface area contributed by atoms with Gasteiger partial charge < -0.3 is 9.80 Å². The lowest BCUT2D eigenvalue weighted by atomic mass is 10.1. The molecule has 0 bridgehead atoms. The molecule has 3 heterocycles. The lowest BCUT2D eigenvalue weighted by molar-refractivity contribution is 0.0750. The maximum atomic E-state index is 13.0. The molecule has 1 aliphatic rings. The van der Waals surface area contributed by atoms with Gasteiger partial charge in [0.1, 0.15) is 9.88 Å². The molecule has 28 heavy (non-hydrogen) atoms. The lowest BCUT2D eigenvalue weighted by Gasteiger charge is -2.36. The van der Waals surface area contributed by atoms with Gasteiger partial charge in [-0.1, -0.05) is 6.07 Å². The highest BCUT2D eigenvalue weighted by Crippen LogP contribution is 2.32. The van der Waals surface area contributed by atoms with Crippen molar-refractivity contribution >= 4 is 40.1 Å². The lowest BCUT2D eigenvalue weighted by Crippen LogP contribution is -2.48. The van der Waals surface area contributed by atoms with Crippen molar-refractivity contribution in [3.8, 4) is 9.88 Å². The van der Waals surface area contributed by atoms with E-state index in [1.807, 2.05) is 53.6 Å². The van der Waals surface area contributed by atoms with Gasteiger partial charge in [-0.2, -0.15) is 0 Å². The van der Waals surface area contributed by atoms with E-state index in [1.165, 1.54) is 11.3 Å². The summed E-state index contributed by atoms with van der Waals surface area (Å²) in [5.41, 5.74) is 2.62. The molecular weight excluding hydrogens is 390 g/mol. The second kappa shape index (κ2) is 7.85. The Balaban J connectivity index is 1.42. The minimum absolute atomic E-state index is 0.0730. The van der Waals surface area contributed by atoms with E-state index in [0.717, 1.165) is 44.8 Å². The van der Waals surface area contributed by atoms with Gasteiger partial charge in [-0.15, -0.1) is 22.7 Å². The van der Waals surface area contributed by atoms with E-state index >= 15 is 0 Å². The van der Waals surface area contributed by atoms with Gasteiger partial charge in [0.25, 0.3) is 5.91 Å². The fraction of sp³-hybridized carbons (Fsp3) is 0.286. The van der Waals surface area contributed by atoms with Crippen LogP contribution in [0.3, 0.4) is 0 Å². The topological polar surface area (TPSA) is 53.5 Å². The molecule has 144 valence electrons. The molecule has 4 rings (SSSR count). The number of aromatic nitrogens is 1. The highest BCUT2D eigenvalue weighted by atomic mass is 32.1. The third-order valence-electron chi connectivity index (χ3n) is 4.93. The highest BCUT2D eigenvalue weighted by Gasteiger charge is 2.26. The zero-order chi connectivity index (χ0) is 19.7. The van der Waals surface area contributed by atoms with E-state index in [-0.39, 0.29) is 11.7 Å². The van der Waals surface area contributed by atoms with Crippen LogP contribution in [0.15, 0.2) is 41.8 Å². The van der Waals surface area contributed by atoms with Crippen molar-refractivity contribution in [2.75, 3.05) is 31.1 Å². The summed E-state index contributed by atoms with van der Waals surface area (Å²) in [5, 5.41) is 2.94. The van der Waals surface area contributed by atoms with Gasteiger partial charge in [0.15, 0.2) is 5.78 Å². The van der Waals surface area contributed by atoms with Gasteiger partial charge in [0.05, 0.1) is 10.6 Å². The van der Waals surface area contributed by atoms with Crippen LogP contribution in [0.1, 0.15) is 32.6 Å². The number of aryl methyl sites for hydroxylation is 1. The van der Waals surface area contributed by atoms with Crippen LogP contribution in [0, 0.1) is 6.92 Å². The Bertz CT molecular complexity index is 985. The Labute approximate surface area is 172 Å². The van der Waals surface area contributed by atoms with Crippen molar-refractivity contribution < 1.29 is 9.59 Å². The van der Waals surface area contributed by atoms with Crippen LogP contribution in [0.2, 0.25) is 0 Å². The molecule has 0 unspecified atom stereocenters. The quantitative estimate of drug-likeness (QED) is 0.599. The maximum absolute atomic E-state index is 13.0. The van der Waals surface area contributed by atoms with Gasteiger partial charge in [0.2, 0.25) is 0 Å². The second-order valence-electron chi connectivity index (χ2n) is 6.79. The van der Waals surface area contributed by atoms with Crippen molar-refractivity contribution in [2.45, 2.75) is 13.8 Å². The number of nitrogens with zero attached hydrogens (tertiary/aromatic N) is 3. The molecule has 1 saturated heterocycles. The molecule has 2 aromatic heterocycles.